The zero-order valence-corrected chi connectivity index (χ0v) is 7.46. The van der Waals surface area contributed by atoms with Gasteiger partial charge < -0.3 is 0 Å². The molecule has 66 valence electrons. The highest BCUT2D eigenvalue weighted by Crippen LogP contribution is 2.05. The summed E-state index contributed by atoms with van der Waals surface area (Å²) in [7, 11) is -7.74. The lowest BCUT2D eigenvalue weighted by Gasteiger charge is -1.92. The minimum absolute atomic E-state index is 0.443. The molecule has 0 N–H and O–H groups in total. The van der Waals surface area contributed by atoms with Crippen LogP contribution in [-0.4, -0.2) is 21.8 Å². The molecule has 5 nitrogen and oxygen atoms in total. The van der Waals surface area contributed by atoms with Crippen LogP contribution < -0.4 is 0 Å². The fourth-order valence-corrected chi connectivity index (χ4v) is 1.96. The lowest BCUT2D eigenvalue weighted by molar-refractivity contribution is 0.589. The van der Waals surface area contributed by atoms with Crippen LogP contribution in [-0.2, 0) is 18.6 Å². The van der Waals surface area contributed by atoms with Gasteiger partial charge in [-0.05, 0) is 12.1 Å². The van der Waals surface area contributed by atoms with E-state index in [9.17, 15) is 16.8 Å². The van der Waals surface area contributed by atoms with Crippen LogP contribution in [0.1, 0.15) is 0 Å². The summed E-state index contributed by atoms with van der Waals surface area (Å²) in [5.41, 5.74) is 0. The minimum Gasteiger partial charge on any atom is -0.244 e. The molecule has 0 aliphatic heterocycles. The third-order valence-corrected chi connectivity index (χ3v) is 4.00. The Kier molecular flexibility index (Phi) is 2.43. The van der Waals surface area contributed by atoms with E-state index in [-0.39, 0.29) is 0 Å². The number of pyridine rings is 1. The van der Waals surface area contributed by atoms with Crippen molar-refractivity contribution in [2.24, 2.45) is 0 Å². The normalized spacial score (nSPS) is 11.8. The second-order valence-corrected chi connectivity index (χ2v) is 6.02. The Morgan fingerprint density at radius 1 is 1.25 bits per heavy atom. The SMILES string of the molecule is O=[SH](=O)S(=O)(=O)c1ccccn1. The summed E-state index contributed by atoms with van der Waals surface area (Å²) in [5, 5.41) is -0.443. The van der Waals surface area contributed by atoms with Gasteiger partial charge in [0.05, 0.1) is 0 Å². The monoisotopic (exact) mass is 207 g/mol. The van der Waals surface area contributed by atoms with E-state index in [1.165, 1.54) is 18.3 Å². The molecule has 0 saturated carbocycles. The second-order valence-electron chi connectivity index (χ2n) is 1.87. The summed E-state index contributed by atoms with van der Waals surface area (Å²) in [5.74, 6) is 0. The van der Waals surface area contributed by atoms with E-state index in [2.05, 4.69) is 4.98 Å². The Morgan fingerprint density at radius 2 is 1.92 bits per heavy atom. The van der Waals surface area contributed by atoms with Gasteiger partial charge >= 0.3 is 0 Å². The summed E-state index contributed by atoms with van der Waals surface area (Å²) in [6.45, 7) is 0. The molecule has 0 radical (unpaired) electrons. The van der Waals surface area contributed by atoms with Crippen molar-refractivity contribution in [2.75, 3.05) is 0 Å². The fourth-order valence-electron chi connectivity index (χ4n) is 0.576. The Balaban J connectivity index is 3.35. The Hall–Kier alpha value is -0.950. The largest absolute Gasteiger partial charge is 0.296 e. The molecule has 0 spiro atoms. The highest BCUT2D eigenvalue weighted by atomic mass is 33.1. The van der Waals surface area contributed by atoms with Crippen LogP contribution in [0.4, 0.5) is 0 Å². The second kappa shape index (κ2) is 3.20. The van der Waals surface area contributed by atoms with E-state index < -0.39 is 23.6 Å². The topological polar surface area (TPSA) is 81.2 Å². The molecular weight excluding hydrogens is 202 g/mol. The maximum atomic E-state index is 10.9. The maximum Gasteiger partial charge on any atom is 0.296 e. The van der Waals surface area contributed by atoms with Gasteiger partial charge in [0.2, 0.25) is 9.74 Å². The number of hydrogen-bond acceptors (Lipinski definition) is 5. The van der Waals surface area contributed by atoms with Crippen LogP contribution in [0.5, 0.6) is 0 Å². The van der Waals surface area contributed by atoms with E-state index in [1.54, 1.807) is 0 Å². The van der Waals surface area contributed by atoms with Crippen molar-refractivity contribution in [2.45, 2.75) is 5.03 Å². The van der Waals surface area contributed by atoms with E-state index in [0.29, 0.717) is 0 Å². The molecule has 0 aromatic carbocycles. The molecule has 0 atom stereocenters. The zero-order chi connectivity index (χ0) is 9.19. The third-order valence-electron chi connectivity index (χ3n) is 1.10. The standard InChI is InChI=1S/C5H5NO4S2/c7-11(8)12(9,10)5-3-1-2-4-6-5/h1-4,11H. The van der Waals surface area contributed by atoms with Crippen molar-refractivity contribution in [1.29, 1.82) is 0 Å². The summed E-state index contributed by atoms with van der Waals surface area (Å²) >= 11 is 0. The van der Waals surface area contributed by atoms with Crippen LogP contribution in [0.15, 0.2) is 29.4 Å². The van der Waals surface area contributed by atoms with Gasteiger partial charge in [0.1, 0.15) is 0 Å². The van der Waals surface area contributed by atoms with Gasteiger partial charge in [0, 0.05) is 6.20 Å². The van der Waals surface area contributed by atoms with Crippen molar-refractivity contribution < 1.29 is 16.8 Å². The van der Waals surface area contributed by atoms with Gasteiger partial charge in [-0.2, -0.15) is 0 Å². The Bertz CT molecular complexity index is 426. The van der Waals surface area contributed by atoms with Crippen molar-refractivity contribution in [3.05, 3.63) is 24.4 Å². The first kappa shape index (κ1) is 9.14. The summed E-state index contributed by atoms with van der Waals surface area (Å²) in [6, 6.07) is 4.02. The molecular formula is C5H5NO4S2. The number of aromatic nitrogens is 1. The van der Waals surface area contributed by atoms with Gasteiger partial charge in [-0.3, -0.25) is 0 Å². The molecule has 12 heavy (non-hydrogen) atoms. The average Bonchev–Trinajstić information content (AvgIpc) is 2.06. The number of nitrogens with zero attached hydrogens (tertiary/aromatic N) is 1. The summed E-state index contributed by atoms with van der Waals surface area (Å²) < 4.78 is 42.2. The highest BCUT2D eigenvalue weighted by Gasteiger charge is 2.17. The van der Waals surface area contributed by atoms with Crippen molar-refractivity contribution >= 4 is 18.6 Å². The van der Waals surface area contributed by atoms with Gasteiger partial charge in [-0.1, -0.05) is 6.07 Å². The van der Waals surface area contributed by atoms with E-state index in [0.717, 1.165) is 6.07 Å². The summed E-state index contributed by atoms with van der Waals surface area (Å²) in [6.07, 6.45) is 1.21. The van der Waals surface area contributed by atoms with Crippen LogP contribution in [0.2, 0.25) is 0 Å². The molecule has 1 rings (SSSR count). The van der Waals surface area contributed by atoms with Gasteiger partial charge in [-0.15, -0.1) is 0 Å². The Morgan fingerprint density at radius 3 is 2.33 bits per heavy atom. The predicted molar refractivity (Wildman–Crippen MR) is 41.7 cm³/mol. The molecule has 0 saturated heterocycles. The zero-order valence-electron chi connectivity index (χ0n) is 5.75. The van der Waals surface area contributed by atoms with E-state index in [1.807, 2.05) is 0 Å². The molecule has 0 unspecified atom stereocenters. The Labute approximate surface area is 70.3 Å². The molecule has 1 heterocycles. The van der Waals surface area contributed by atoms with Gasteiger partial charge in [0.15, 0.2) is 5.03 Å². The quantitative estimate of drug-likeness (QED) is 0.516. The lowest BCUT2D eigenvalue weighted by atomic mass is 10.5. The first-order chi connectivity index (χ1) is 5.55. The average molecular weight is 207 g/mol. The predicted octanol–water partition coefficient (Wildman–Crippen LogP) is -0.618. The molecule has 1 aromatic heterocycles. The molecule has 0 fully saturated rings. The molecule has 0 aliphatic rings. The van der Waals surface area contributed by atoms with Crippen LogP contribution in [0.25, 0.3) is 0 Å². The number of hydrogen-bond donors (Lipinski definition) is 1. The van der Waals surface area contributed by atoms with Crippen molar-refractivity contribution in [3.63, 3.8) is 0 Å². The van der Waals surface area contributed by atoms with Crippen LogP contribution >= 0.6 is 0 Å². The van der Waals surface area contributed by atoms with E-state index in [4.69, 9.17) is 0 Å². The van der Waals surface area contributed by atoms with E-state index >= 15 is 0 Å². The molecule has 1 aromatic rings. The third kappa shape index (κ3) is 1.62. The lowest BCUT2D eigenvalue weighted by Crippen LogP contribution is -2.03. The molecule has 0 amide bonds. The van der Waals surface area contributed by atoms with Gasteiger partial charge in [-0.25, -0.2) is 21.8 Å². The van der Waals surface area contributed by atoms with Crippen LogP contribution in [0, 0.1) is 0 Å². The first-order valence-corrected chi connectivity index (χ1v) is 6.12. The molecule has 0 bridgehead atoms. The number of thiol groups is 1. The van der Waals surface area contributed by atoms with Gasteiger partial charge in [0.25, 0.3) is 8.87 Å². The summed E-state index contributed by atoms with van der Waals surface area (Å²) in [4.78, 5) is 3.40. The van der Waals surface area contributed by atoms with Crippen molar-refractivity contribution in [1.82, 2.24) is 4.98 Å². The van der Waals surface area contributed by atoms with Crippen LogP contribution in [0.3, 0.4) is 0 Å². The highest BCUT2D eigenvalue weighted by molar-refractivity contribution is 8.59. The smallest absolute Gasteiger partial charge is 0.244 e. The fraction of sp³-hybridized carbons (Fsp3) is 0. The maximum absolute atomic E-state index is 10.9. The molecule has 7 heteroatoms. The first-order valence-electron chi connectivity index (χ1n) is 2.86. The van der Waals surface area contributed by atoms with Crippen molar-refractivity contribution in [3.8, 4) is 0 Å². The number of rotatable bonds is 2. The molecule has 0 aliphatic carbocycles. The minimum atomic E-state index is -4.23.